The summed E-state index contributed by atoms with van der Waals surface area (Å²) in [5, 5.41) is 4.61. The molecule has 2 nitrogen and oxygen atoms in total. The molecule has 0 amide bonds. The smallest absolute Gasteiger partial charge is 0.0620 e. The summed E-state index contributed by atoms with van der Waals surface area (Å²) in [6, 6.07) is 1.41. The number of ether oxygens (including phenoxy) is 1. The van der Waals surface area contributed by atoms with E-state index in [9.17, 15) is 0 Å². The zero-order chi connectivity index (χ0) is 9.10. The van der Waals surface area contributed by atoms with Gasteiger partial charge in [0.05, 0.1) is 6.61 Å². The van der Waals surface area contributed by atoms with Crippen LogP contribution >= 0.6 is 11.8 Å². The maximum Gasteiger partial charge on any atom is 0.0620 e. The lowest BCUT2D eigenvalue weighted by atomic mass is 10.2. The van der Waals surface area contributed by atoms with Crippen LogP contribution in [-0.2, 0) is 4.74 Å². The Kier molecular flexibility index (Phi) is 3.52. The molecule has 0 aromatic heterocycles. The van der Waals surface area contributed by atoms with Crippen molar-refractivity contribution in [3.05, 3.63) is 0 Å². The van der Waals surface area contributed by atoms with E-state index in [2.05, 4.69) is 11.6 Å². The normalized spacial score (nSPS) is 39.9. The second-order valence-electron chi connectivity index (χ2n) is 4.09. The van der Waals surface area contributed by atoms with Crippen LogP contribution < -0.4 is 5.32 Å². The summed E-state index contributed by atoms with van der Waals surface area (Å²) in [6.45, 7) is 1.89. The van der Waals surface area contributed by atoms with E-state index in [4.69, 9.17) is 4.74 Å². The van der Waals surface area contributed by atoms with Crippen LogP contribution in [0.1, 0.15) is 25.7 Å². The highest BCUT2D eigenvalue weighted by Gasteiger charge is 2.26. The second kappa shape index (κ2) is 4.67. The van der Waals surface area contributed by atoms with Gasteiger partial charge in [-0.3, -0.25) is 0 Å². The Morgan fingerprint density at radius 1 is 1.23 bits per heavy atom. The van der Waals surface area contributed by atoms with E-state index in [1.54, 1.807) is 0 Å². The standard InChI is InChI=1S/C10H19NOS/c1-13-10-3-2-8(6-10)11-9-4-5-12-7-9/h8-11H,2-7H2,1H3. The fourth-order valence-electron chi connectivity index (χ4n) is 2.30. The van der Waals surface area contributed by atoms with Crippen LogP contribution in [0.5, 0.6) is 0 Å². The molecule has 1 aliphatic heterocycles. The van der Waals surface area contributed by atoms with Gasteiger partial charge in [-0.1, -0.05) is 0 Å². The van der Waals surface area contributed by atoms with Crippen LogP contribution in [0.2, 0.25) is 0 Å². The zero-order valence-corrected chi connectivity index (χ0v) is 9.11. The first-order chi connectivity index (χ1) is 6.38. The highest BCUT2D eigenvalue weighted by Crippen LogP contribution is 2.28. The van der Waals surface area contributed by atoms with Gasteiger partial charge in [0.2, 0.25) is 0 Å². The van der Waals surface area contributed by atoms with Crippen LogP contribution in [-0.4, -0.2) is 36.8 Å². The summed E-state index contributed by atoms with van der Waals surface area (Å²) in [7, 11) is 0. The molecule has 76 valence electrons. The van der Waals surface area contributed by atoms with E-state index in [0.29, 0.717) is 6.04 Å². The first-order valence-electron chi connectivity index (χ1n) is 5.25. The van der Waals surface area contributed by atoms with Gasteiger partial charge in [-0.15, -0.1) is 0 Å². The molecule has 1 heterocycles. The van der Waals surface area contributed by atoms with Crippen molar-refractivity contribution in [3.8, 4) is 0 Å². The monoisotopic (exact) mass is 201 g/mol. The van der Waals surface area contributed by atoms with Crippen molar-refractivity contribution in [2.45, 2.75) is 43.0 Å². The molecule has 0 aromatic rings. The van der Waals surface area contributed by atoms with Crippen LogP contribution in [0.4, 0.5) is 0 Å². The molecule has 3 unspecified atom stereocenters. The number of thioether (sulfide) groups is 1. The number of rotatable bonds is 3. The SMILES string of the molecule is CSC1CCC(NC2CCOC2)C1. The van der Waals surface area contributed by atoms with E-state index in [-0.39, 0.29) is 0 Å². The predicted molar refractivity (Wildman–Crippen MR) is 57.3 cm³/mol. The summed E-state index contributed by atoms with van der Waals surface area (Å²) < 4.78 is 5.35. The Morgan fingerprint density at radius 3 is 2.77 bits per heavy atom. The number of nitrogens with one attached hydrogen (secondary N) is 1. The third-order valence-corrected chi connectivity index (χ3v) is 4.21. The average molecular weight is 201 g/mol. The van der Waals surface area contributed by atoms with Gasteiger partial charge in [0.1, 0.15) is 0 Å². The molecule has 0 radical (unpaired) electrons. The van der Waals surface area contributed by atoms with Crippen LogP contribution in [0.25, 0.3) is 0 Å². The quantitative estimate of drug-likeness (QED) is 0.750. The molecule has 3 atom stereocenters. The molecule has 0 spiro atoms. The minimum atomic E-state index is 0.644. The molecule has 1 aliphatic carbocycles. The summed E-state index contributed by atoms with van der Waals surface area (Å²) >= 11 is 2.02. The molecule has 1 saturated heterocycles. The summed E-state index contributed by atoms with van der Waals surface area (Å²) in [5.41, 5.74) is 0. The van der Waals surface area contributed by atoms with Gasteiger partial charge in [0.15, 0.2) is 0 Å². The zero-order valence-electron chi connectivity index (χ0n) is 8.29. The predicted octanol–water partition coefficient (Wildman–Crippen LogP) is 1.65. The van der Waals surface area contributed by atoms with Gasteiger partial charge < -0.3 is 10.1 Å². The fourth-order valence-corrected chi connectivity index (χ4v) is 3.10. The van der Waals surface area contributed by atoms with Gasteiger partial charge in [0.25, 0.3) is 0 Å². The Bertz CT molecular complexity index is 159. The molecular weight excluding hydrogens is 182 g/mol. The van der Waals surface area contributed by atoms with Crippen molar-refractivity contribution in [2.75, 3.05) is 19.5 Å². The first kappa shape index (κ1) is 9.81. The van der Waals surface area contributed by atoms with Crippen LogP contribution in [0, 0.1) is 0 Å². The van der Waals surface area contributed by atoms with Gasteiger partial charge in [-0.25, -0.2) is 0 Å². The molecule has 3 heteroatoms. The molecule has 0 bridgehead atoms. The minimum Gasteiger partial charge on any atom is -0.380 e. The molecule has 0 aromatic carbocycles. The molecule has 2 fully saturated rings. The van der Waals surface area contributed by atoms with Gasteiger partial charge in [0, 0.05) is 23.9 Å². The largest absolute Gasteiger partial charge is 0.380 e. The van der Waals surface area contributed by atoms with Crippen molar-refractivity contribution in [3.63, 3.8) is 0 Å². The third-order valence-electron chi connectivity index (χ3n) is 3.12. The lowest BCUT2D eigenvalue weighted by Crippen LogP contribution is -2.37. The minimum absolute atomic E-state index is 0.644. The van der Waals surface area contributed by atoms with Crippen molar-refractivity contribution < 1.29 is 4.74 Å². The molecule has 2 aliphatic rings. The highest BCUT2D eigenvalue weighted by molar-refractivity contribution is 7.99. The van der Waals surface area contributed by atoms with E-state index in [1.807, 2.05) is 11.8 Å². The fraction of sp³-hybridized carbons (Fsp3) is 1.00. The van der Waals surface area contributed by atoms with Crippen molar-refractivity contribution >= 4 is 11.8 Å². The van der Waals surface area contributed by atoms with Crippen molar-refractivity contribution in [1.29, 1.82) is 0 Å². The van der Waals surface area contributed by atoms with Gasteiger partial charge in [-0.2, -0.15) is 11.8 Å². The summed E-state index contributed by atoms with van der Waals surface area (Å²) in [6.07, 6.45) is 7.55. The molecule has 13 heavy (non-hydrogen) atoms. The van der Waals surface area contributed by atoms with E-state index < -0.39 is 0 Å². The van der Waals surface area contributed by atoms with E-state index in [0.717, 1.165) is 24.5 Å². The van der Waals surface area contributed by atoms with E-state index in [1.165, 1.54) is 25.7 Å². The first-order valence-corrected chi connectivity index (χ1v) is 6.54. The van der Waals surface area contributed by atoms with Gasteiger partial charge >= 0.3 is 0 Å². The maximum atomic E-state index is 5.35. The Hall–Kier alpha value is 0.270. The Balaban J connectivity index is 1.70. The Labute approximate surface area is 84.8 Å². The van der Waals surface area contributed by atoms with Crippen LogP contribution in [0.15, 0.2) is 0 Å². The van der Waals surface area contributed by atoms with Gasteiger partial charge in [-0.05, 0) is 31.9 Å². The molecule has 1 N–H and O–H groups in total. The molecule has 2 rings (SSSR count). The Morgan fingerprint density at radius 2 is 2.15 bits per heavy atom. The number of hydrogen-bond donors (Lipinski definition) is 1. The topological polar surface area (TPSA) is 21.3 Å². The second-order valence-corrected chi connectivity index (χ2v) is 5.23. The molecule has 1 saturated carbocycles. The highest BCUT2D eigenvalue weighted by atomic mass is 32.2. The van der Waals surface area contributed by atoms with Crippen molar-refractivity contribution in [2.24, 2.45) is 0 Å². The van der Waals surface area contributed by atoms with Crippen LogP contribution in [0.3, 0.4) is 0 Å². The lowest BCUT2D eigenvalue weighted by Gasteiger charge is -2.17. The average Bonchev–Trinajstić information content (AvgIpc) is 2.76. The maximum absolute atomic E-state index is 5.35. The number of hydrogen-bond acceptors (Lipinski definition) is 3. The third kappa shape index (κ3) is 2.61. The molecular formula is C10H19NOS. The summed E-state index contributed by atoms with van der Waals surface area (Å²) in [5.74, 6) is 0. The van der Waals surface area contributed by atoms with E-state index >= 15 is 0 Å². The summed E-state index contributed by atoms with van der Waals surface area (Å²) in [4.78, 5) is 0. The van der Waals surface area contributed by atoms with Crippen molar-refractivity contribution in [1.82, 2.24) is 5.32 Å². The lowest BCUT2D eigenvalue weighted by molar-refractivity contribution is 0.188.